The van der Waals surface area contributed by atoms with Crippen LogP contribution in [0.3, 0.4) is 0 Å². The fraction of sp³-hybridized carbons (Fsp3) is 0.273. The van der Waals surface area contributed by atoms with Gasteiger partial charge in [-0.05, 0) is 47.0 Å². The van der Waals surface area contributed by atoms with Crippen molar-refractivity contribution in [3.8, 4) is 0 Å². The molecule has 1 heterocycles. The largest absolute Gasteiger partial charge is 0.232 e. The van der Waals surface area contributed by atoms with Crippen molar-refractivity contribution in [3.05, 3.63) is 33.1 Å². The second kappa shape index (κ2) is 3.52. The van der Waals surface area contributed by atoms with Crippen molar-refractivity contribution < 1.29 is 0 Å². The molecule has 0 radical (unpaired) electrons. The van der Waals surface area contributed by atoms with Crippen LogP contribution in [0.2, 0.25) is 0 Å². The summed E-state index contributed by atoms with van der Waals surface area (Å²) in [5.74, 6) is 1.57. The highest BCUT2D eigenvalue weighted by Crippen LogP contribution is 2.39. The zero-order valence-corrected chi connectivity index (χ0v) is 11.0. The Labute approximate surface area is 104 Å². The van der Waals surface area contributed by atoms with Crippen LogP contribution >= 0.6 is 31.9 Å². The summed E-state index contributed by atoms with van der Waals surface area (Å²) in [5.41, 5.74) is 1.01. The Bertz CT molecular complexity index is 535. The maximum Gasteiger partial charge on any atom is 0.133 e. The van der Waals surface area contributed by atoms with E-state index in [2.05, 4.69) is 41.8 Å². The topological polar surface area (TPSA) is 25.8 Å². The number of fused-ring (bicyclic) bond motifs is 1. The van der Waals surface area contributed by atoms with Gasteiger partial charge in [0, 0.05) is 15.8 Å². The molecule has 1 fully saturated rings. The van der Waals surface area contributed by atoms with Crippen molar-refractivity contribution in [1.29, 1.82) is 0 Å². The van der Waals surface area contributed by atoms with E-state index in [0.29, 0.717) is 5.92 Å². The molecule has 1 aromatic carbocycles. The van der Waals surface area contributed by atoms with Gasteiger partial charge in [0.15, 0.2) is 0 Å². The predicted molar refractivity (Wildman–Crippen MR) is 66.9 cm³/mol. The summed E-state index contributed by atoms with van der Waals surface area (Å²) >= 11 is 6.96. The summed E-state index contributed by atoms with van der Waals surface area (Å²) in [6, 6.07) is 6.07. The Morgan fingerprint density at radius 3 is 2.67 bits per heavy atom. The summed E-state index contributed by atoms with van der Waals surface area (Å²) < 4.78 is 1.96. The van der Waals surface area contributed by atoms with E-state index in [1.54, 1.807) is 0 Å². The lowest BCUT2D eigenvalue weighted by atomic mass is 10.2. The van der Waals surface area contributed by atoms with Crippen molar-refractivity contribution in [2.75, 3.05) is 0 Å². The molecule has 1 aliphatic rings. The third-order valence-corrected chi connectivity index (χ3v) is 3.67. The van der Waals surface area contributed by atoms with Crippen molar-refractivity contribution in [2.45, 2.75) is 18.8 Å². The highest BCUT2D eigenvalue weighted by molar-refractivity contribution is 9.10. The van der Waals surface area contributed by atoms with Crippen LogP contribution in [0.15, 0.2) is 27.3 Å². The first-order chi connectivity index (χ1) is 7.24. The Hall–Kier alpha value is -0.480. The molecule has 76 valence electrons. The molecule has 2 aromatic rings. The highest BCUT2D eigenvalue weighted by Gasteiger charge is 2.27. The van der Waals surface area contributed by atoms with Gasteiger partial charge in [-0.15, -0.1) is 0 Å². The van der Waals surface area contributed by atoms with E-state index in [1.165, 1.54) is 12.8 Å². The third kappa shape index (κ3) is 1.81. The van der Waals surface area contributed by atoms with Crippen molar-refractivity contribution >= 4 is 42.8 Å². The van der Waals surface area contributed by atoms with Crippen LogP contribution in [0.4, 0.5) is 0 Å². The van der Waals surface area contributed by atoms with Gasteiger partial charge in [-0.2, -0.15) is 0 Å². The molecule has 0 aliphatic heterocycles. The Morgan fingerprint density at radius 1 is 1.13 bits per heavy atom. The molecular weight excluding hydrogens is 320 g/mol. The lowest BCUT2D eigenvalue weighted by Crippen LogP contribution is -1.94. The molecule has 1 saturated carbocycles. The van der Waals surface area contributed by atoms with E-state index in [9.17, 15) is 0 Å². The standard InChI is InChI=1S/C11H8Br2N2/c12-7-3-4-8-9(5-7)14-11(6-1-2-6)15-10(8)13/h3-6H,1-2H2. The number of aromatic nitrogens is 2. The quantitative estimate of drug-likeness (QED) is 0.739. The average molecular weight is 328 g/mol. The molecule has 0 N–H and O–H groups in total. The van der Waals surface area contributed by atoms with E-state index < -0.39 is 0 Å². The van der Waals surface area contributed by atoms with Gasteiger partial charge in [0.2, 0.25) is 0 Å². The molecule has 1 aliphatic carbocycles. The van der Waals surface area contributed by atoms with Crippen molar-refractivity contribution in [3.63, 3.8) is 0 Å². The lowest BCUT2D eigenvalue weighted by molar-refractivity contribution is 0.938. The molecule has 0 saturated heterocycles. The molecule has 0 bridgehead atoms. The number of rotatable bonds is 1. The number of hydrogen-bond donors (Lipinski definition) is 0. The monoisotopic (exact) mass is 326 g/mol. The third-order valence-electron chi connectivity index (χ3n) is 2.57. The van der Waals surface area contributed by atoms with Crippen LogP contribution in [0.1, 0.15) is 24.6 Å². The summed E-state index contributed by atoms with van der Waals surface area (Å²) in [6.45, 7) is 0. The molecule has 0 atom stereocenters. The van der Waals surface area contributed by atoms with Crippen LogP contribution < -0.4 is 0 Å². The molecule has 15 heavy (non-hydrogen) atoms. The maximum absolute atomic E-state index is 4.59. The first kappa shape index (κ1) is 9.73. The molecule has 2 nitrogen and oxygen atoms in total. The van der Waals surface area contributed by atoms with E-state index in [4.69, 9.17) is 0 Å². The first-order valence-electron chi connectivity index (χ1n) is 4.87. The van der Waals surface area contributed by atoms with Gasteiger partial charge < -0.3 is 0 Å². The number of halogens is 2. The zero-order valence-electron chi connectivity index (χ0n) is 7.87. The first-order valence-corrected chi connectivity index (χ1v) is 6.45. The minimum absolute atomic E-state index is 0.588. The van der Waals surface area contributed by atoms with Crippen LogP contribution in [-0.4, -0.2) is 9.97 Å². The summed E-state index contributed by atoms with van der Waals surface area (Å²) in [7, 11) is 0. The molecule has 4 heteroatoms. The van der Waals surface area contributed by atoms with Crippen LogP contribution in [0, 0.1) is 0 Å². The fourth-order valence-electron chi connectivity index (χ4n) is 1.61. The van der Waals surface area contributed by atoms with E-state index in [-0.39, 0.29) is 0 Å². The normalized spacial score (nSPS) is 15.9. The molecule has 1 aromatic heterocycles. The van der Waals surface area contributed by atoms with Crippen molar-refractivity contribution in [1.82, 2.24) is 9.97 Å². The minimum atomic E-state index is 0.588. The summed E-state index contributed by atoms with van der Waals surface area (Å²) in [4.78, 5) is 9.07. The fourth-order valence-corrected chi connectivity index (χ4v) is 2.47. The van der Waals surface area contributed by atoms with Gasteiger partial charge in [0.25, 0.3) is 0 Å². The Balaban J connectivity index is 2.27. The second-order valence-corrected chi connectivity index (χ2v) is 5.48. The smallest absolute Gasteiger partial charge is 0.133 e. The number of benzene rings is 1. The Kier molecular flexibility index (Phi) is 2.29. The maximum atomic E-state index is 4.59. The minimum Gasteiger partial charge on any atom is -0.232 e. The van der Waals surface area contributed by atoms with Crippen LogP contribution in [0.5, 0.6) is 0 Å². The zero-order chi connectivity index (χ0) is 10.4. The second-order valence-electron chi connectivity index (χ2n) is 3.81. The molecular formula is C11H8Br2N2. The van der Waals surface area contributed by atoms with E-state index in [1.807, 2.05) is 18.2 Å². The van der Waals surface area contributed by atoms with E-state index >= 15 is 0 Å². The SMILES string of the molecule is Brc1ccc2c(Br)nc(C3CC3)nc2c1. The Morgan fingerprint density at radius 2 is 1.93 bits per heavy atom. The summed E-state index contributed by atoms with van der Waals surface area (Å²) in [5, 5.41) is 1.07. The van der Waals surface area contributed by atoms with Gasteiger partial charge in [-0.1, -0.05) is 15.9 Å². The van der Waals surface area contributed by atoms with Gasteiger partial charge >= 0.3 is 0 Å². The van der Waals surface area contributed by atoms with Crippen LogP contribution in [-0.2, 0) is 0 Å². The molecule has 3 rings (SSSR count). The molecule has 0 unspecified atom stereocenters. The number of nitrogens with zero attached hydrogens (tertiary/aromatic N) is 2. The molecule has 0 amide bonds. The van der Waals surface area contributed by atoms with Gasteiger partial charge in [-0.25, -0.2) is 9.97 Å². The molecule has 0 spiro atoms. The predicted octanol–water partition coefficient (Wildman–Crippen LogP) is 4.03. The van der Waals surface area contributed by atoms with Crippen LogP contribution in [0.25, 0.3) is 10.9 Å². The average Bonchev–Trinajstić information content (AvgIpc) is 2.99. The van der Waals surface area contributed by atoms with Crippen molar-refractivity contribution in [2.24, 2.45) is 0 Å². The van der Waals surface area contributed by atoms with E-state index in [0.717, 1.165) is 25.8 Å². The van der Waals surface area contributed by atoms with Gasteiger partial charge in [0.05, 0.1) is 5.52 Å². The summed E-state index contributed by atoms with van der Waals surface area (Å²) in [6.07, 6.45) is 2.46. The highest BCUT2D eigenvalue weighted by atomic mass is 79.9. The van der Waals surface area contributed by atoms with Gasteiger partial charge in [-0.3, -0.25) is 0 Å². The number of hydrogen-bond acceptors (Lipinski definition) is 2. The van der Waals surface area contributed by atoms with Gasteiger partial charge in [0.1, 0.15) is 10.4 Å². The lowest BCUT2D eigenvalue weighted by Gasteiger charge is -2.03.